The van der Waals surface area contributed by atoms with E-state index >= 15 is 0 Å². The summed E-state index contributed by atoms with van der Waals surface area (Å²) in [6.45, 7) is 1.48. The molecule has 0 aliphatic heterocycles. The van der Waals surface area contributed by atoms with Gasteiger partial charge in [0.2, 0.25) is 5.91 Å². The minimum atomic E-state index is -0.544. The zero-order valence-electron chi connectivity index (χ0n) is 15.3. The SMILES string of the molecule is Cc1ccc(NC(=O)CCCC(=O)OCC(=O)Nc2ccc(Cl)cc2)cc1Cl. The molecule has 2 amide bonds. The molecule has 2 aromatic carbocycles. The Hall–Kier alpha value is -2.57. The largest absolute Gasteiger partial charge is 0.456 e. The number of carbonyl (C=O) groups is 3. The van der Waals surface area contributed by atoms with Gasteiger partial charge in [-0.3, -0.25) is 14.4 Å². The van der Waals surface area contributed by atoms with Crippen LogP contribution in [0, 0.1) is 6.92 Å². The van der Waals surface area contributed by atoms with Crippen LogP contribution in [0.3, 0.4) is 0 Å². The summed E-state index contributed by atoms with van der Waals surface area (Å²) in [4.78, 5) is 35.3. The van der Waals surface area contributed by atoms with Gasteiger partial charge in [0.05, 0.1) is 0 Å². The van der Waals surface area contributed by atoms with Gasteiger partial charge in [0.15, 0.2) is 6.61 Å². The van der Waals surface area contributed by atoms with Crippen LogP contribution in [-0.4, -0.2) is 24.4 Å². The van der Waals surface area contributed by atoms with Crippen LogP contribution in [0.25, 0.3) is 0 Å². The van der Waals surface area contributed by atoms with Crippen molar-refractivity contribution in [3.05, 3.63) is 58.1 Å². The molecule has 2 N–H and O–H groups in total. The third kappa shape index (κ3) is 7.58. The van der Waals surface area contributed by atoms with Gasteiger partial charge in [0.1, 0.15) is 0 Å². The van der Waals surface area contributed by atoms with Gasteiger partial charge < -0.3 is 15.4 Å². The van der Waals surface area contributed by atoms with Crippen LogP contribution in [0.4, 0.5) is 11.4 Å². The third-order valence-corrected chi connectivity index (χ3v) is 4.39. The summed E-state index contributed by atoms with van der Waals surface area (Å²) in [6.07, 6.45) is 0.497. The van der Waals surface area contributed by atoms with Gasteiger partial charge in [0, 0.05) is 34.3 Å². The van der Waals surface area contributed by atoms with Gasteiger partial charge in [-0.2, -0.15) is 0 Å². The molecule has 0 saturated carbocycles. The van der Waals surface area contributed by atoms with Crippen LogP contribution >= 0.6 is 23.2 Å². The number of halogens is 2. The molecule has 0 atom stereocenters. The summed E-state index contributed by atoms with van der Waals surface area (Å²) in [6, 6.07) is 11.8. The highest BCUT2D eigenvalue weighted by molar-refractivity contribution is 6.31. The molecule has 0 saturated heterocycles. The lowest BCUT2D eigenvalue weighted by atomic mass is 10.2. The van der Waals surface area contributed by atoms with E-state index in [9.17, 15) is 14.4 Å². The number of nitrogens with one attached hydrogen (secondary N) is 2. The maximum absolute atomic E-state index is 11.9. The van der Waals surface area contributed by atoms with E-state index in [1.165, 1.54) is 0 Å². The topological polar surface area (TPSA) is 84.5 Å². The second-order valence-corrected chi connectivity index (χ2v) is 6.93. The van der Waals surface area contributed by atoms with Crippen LogP contribution in [0.15, 0.2) is 42.5 Å². The Bertz CT molecular complexity index is 854. The summed E-state index contributed by atoms with van der Waals surface area (Å²) in [5, 5.41) is 6.42. The van der Waals surface area contributed by atoms with Crippen molar-refractivity contribution in [3.63, 3.8) is 0 Å². The summed E-state index contributed by atoms with van der Waals surface area (Å²) in [7, 11) is 0. The van der Waals surface area contributed by atoms with Gasteiger partial charge in [0.25, 0.3) is 5.91 Å². The van der Waals surface area contributed by atoms with Gasteiger partial charge in [-0.05, 0) is 55.3 Å². The third-order valence-electron chi connectivity index (χ3n) is 3.73. The number of benzene rings is 2. The number of amides is 2. The van der Waals surface area contributed by atoms with E-state index in [0.717, 1.165) is 5.56 Å². The Morgan fingerprint density at radius 1 is 0.893 bits per heavy atom. The number of esters is 1. The first kappa shape index (κ1) is 21.7. The molecule has 0 aliphatic carbocycles. The molecule has 0 fully saturated rings. The molecule has 2 aromatic rings. The van der Waals surface area contributed by atoms with Crippen LogP contribution in [0.5, 0.6) is 0 Å². The Kier molecular flexibility index (Phi) is 8.29. The standard InChI is InChI=1S/C20H20Cl2N2O4/c1-13-5-8-16(11-17(13)22)24-18(25)3-2-4-20(27)28-12-19(26)23-15-9-6-14(21)7-10-15/h5-11H,2-4,12H2,1H3,(H,23,26)(H,24,25). The van der Waals surface area contributed by atoms with E-state index in [-0.39, 0.29) is 18.7 Å². The van der Waals surface area contributed by atoms with E-state index < -0.39 is 18.5 Å². The fraction of sp³-hybridized carbons (Fsp3) is 0.250. The molecular weight excluding hydrogens is 403 g/mol. The molecule has 0 heterocycles. The summed E-state index contributed by atoms with van der Waals surface area (Å²) >= 11 is 11.8. The highest BCUT2D eigenvalue weighted by Crippen LogP contribution is 2.20. The van der Waals surface area contributed by atoms with Gasteiger partial charge in [-0.25, -0.2) is 0 Å². The smallest absolute Gasteiger partial charge is 0.306 e. The Labute approximate surface area is 173 Å². The van der Waals surface area contributed by atoms with Crippen LogP contribution in [0.1, 0.15) is 24.8 Å². The van der Waals surface area contributed by atoms with Crippen LogP contribution in [0.2, 0.25) is 10.0 Å². The second kappa shape index (κ2) is 10.7. The number of anilines is 2. The fourth-order valence-corrected chi connectivity index (χ4v) is 2.54. The second-order valence-electron chi connectivity index (χ2n) is 6.08. The van der Waals surface area contributed by atoms with Gasteiger partial charge in [-0.15, -0.1) is 0 Å². The number of rotatable bonds is 8. The molecule has 0 aromatic heterocycles. The molecule has 148 valence electrons. The molecule has 0 bridgehead atoms. The van der Waals surface area contributed by atoms with Crippen LogP contribution < -0.4 is 10.6 Å². The number of carbonyl (C=O) groups excluding carboxylic acids is 3. The van der Waals surface area contributed by atoms with Crippen molar-refractivity contribution in [1.29, 1.82) is 0 Å². The average molecular weight is 423 g/mol. The summed E-state index contributed by atoms with van der Waals surface area (Å²) < 4.78 is 4.90. The average Bonchev–Trinajstić information content (AvgIpc) is 2.65. The Morgan fingerprint density at radius 3 is 2.21 bits per heavy atom. The van der Waals surface area contributed by atoms with Crippen molar-refractivity contribution in [3.8, 4) is 0 Å². The van der Waals surface area contributed by atoms with Crippen molar-refractivity contribution in [2.45, 2.75) is 26.2 Å². The van der Waals surface area contributed by atoms with E-state index in [1.807, 2.05) is 13.0 Å². The molecule has 0 radical (unpaired) electrons. The zero-order chi connectivity index (χ0) is 20.5. The molecule has 2 rings (SSSR count). The normalized spacial score (nSPS) is 10.2. The van der Waals surface area contributed by atoms with Gasteiger partial charge >= 0.3 is 5.97 Å². The number of ether oxygens (including phenoxy) is 1. The molecule has 8 heteroatoms. The number of hydrogen-bond acceptors (Lipinski definition) is 4. The molecule has 0 unspecified atom stereocenters. The minimum absolute atomic E-state index is 0.0380. The highest BCUT2D eigenvalue weighted by atomic mass is 35.5. The molecule has 28 heavy (non-hydrogen) atoms. The summed E-state index contributed by atoms with van der Waals surface area (Å²) in [5.41, 5.74) is 2.07. The van der Waals surface area contributed by atoms with Crippen LogP contribution in [-0.2, 0) is 19.1 Å². The lowest BCUT2D eigenvalue weighted by Gasteiger charge is -2.08. The summed E-state index contributed by atoms with van der Waals surface area (Å²) in [5.74, 6) is -1.23. The predicted molar refractivity (Wildman–Crippen MR) is 110 cm³/mol. The van der Waals surface area contributed by atoms with E-state index in [2.05, 4.69) is 10.6 Å². The molecule has 0 spiro atoms. The van der Waals surface area contributed by atoms with E-state index in [1.54, 1.807) is 36.4 Å². The number of hydrogen-bond donors (Lipinski definition) is 2. The van der Waals surface area contributed by atoms with Crippen molar-refractivity contribution < 1.29 is 19.1 Å². The molecule has 0 aliphatic rings. The minimum Gasteiger partial charge on any atom is -0.456 e. The number of aryl methyl sites for hydroxylation is 1. The maximum Gasteiger partial charge on any atom is 0.306 e. The maximum atomic E-state index is 11.9. The van der Waals surface area contributed by atoms with Crippen molar-refractivity contribution in [1.82, 2.24) is 0 Å². The quantitative estimate of drug-likeness (QED) is 0.609. The Morgan fingerprint density at radius 2 is 1.54 bits per heavy atom. The monoisotopic (exact) mass is 422 g/mol. The fourth-order valence-electron chi connectivity index (χ4n) is 2.24. The zero-order valence-corrected chi connectivity index (χ0v) is 16.8. The van der Waals surface area contributed by atoms with Crippen molar-refractivity contribution in [2.75, 3.05) is 17.2 Å². The van der Waals surface area contributed by atoms with Gasteiger partial charge in [-0.1, -0.05) is 29.3 Å². The first-order valence-corrected chi connectivity index (χ1v) is 9.36. The first-order chi connectivity index (χ1) is 13.3. The lowest BCUT2D eigenvalue weighted by Crippen LogP contribution is -2.21. The van der Waals surface area contributed by atoms with E-state index in [4.69, 9.17) is 27.9 Å². The highest BCUT2D eigenvalue weighted by Gasteiger charge is 2.10. The Balaban J connectivity index is 1.63. The van der Waals surface area contributed by atoms with Crippen molar-refractivity contribution in [2.24, 2.45) is 0 Å². The predicted octanol–water partition coefficient (Wildman–Crippen LogP) is 4.59. The lowest BCUT2D eigenvalue weighted by molar-refractivity contribution is -0.147. The molecule has 6 nitrogen and oxygen atoms in total. The van der Waals surface area contributed by atoms with E-state index in [0.29, 0.717) is 27.8 Å². The van der Waals surface area contributed by atoms with Crippen molar-refractivity contribution >= 4 is 52.4 Å². The molecular formula is C20H20Cl2N2O4. The first-order valence-electron chi connectivity index (χ1n) is 8.60.